The molecule has 28 heavy (non-hydrogen) atoms. The van der Waals surface area contributed by atoms with Crippen molar-refractivity contribution in [2.24, 2.45) is 0 Å². The van der Waals surface area contributed by atoms with E-state index >= 15 is 0 Å². The van der Waals surface area contributed by atoms with E-state index in [-0.39, 0.29) is 11.8 Å². The van der Waals surface area contributed by atoms with Crippen molar-refractivity contribution in [3.05, 3.63) is 70.3 Å². The lowest BCUT2D eigenvalue weighted by molar-refractivity contribution is -0.137. The molecule has 2 aromatic carbocycles. The summed E-state index contributed by atoms with van der Waals surface area (Å²) in [5.41, 5.74) is 1.38. The van der Waals surface area contributed by atoms with Crippen LogP contribution in [0.25, 0.3) is 0 Å². The van der Waals surface area contributed by atoms with Gasteiger partial charge in [-0.3, -0.25) is 0 Å². The van der Waals surface area contributed by atoms with Gasteiger partial charge >= 0.3 is 6.18 Å². The van der Waals surface area contributed by atoms with Crippen molar-refractivity contribution in [3.63, 3.8) is 0 Å². The highest BCUT2D eigenvalue weighted by Crippen LogP contribution is 2.36. The maximum absolute atomic E-state index is 13.4. The van der Waals surface area contributed by atoms with Crippen LogP contribution in [0, 0.1) is 0 Å². The predicted molar refractivity (Wildman–Crippen MR) is 108 cm³/mol. The van der Waals surface area contributed by atoms with Crippen LogP contribution in [0.4, 0.5) is 36.3 Å². The Morgan fingerprint density at radius 2 is 1.64 bits per heavy atom. The molecule has 3 aromatic rings. The van der Waals surface area contributed by atoms with Gasteiger partial charge in [0.05, 0.1) is 5.69 Å². The van der Waals surface area contributed by atoms with Crippen molar-refractivity contribution in [2.45, 2.75) is 25.9 Å². The van der Waals surface area contributed by atoms with E-state index in [2.05, 4.69) is 50.4 Å². The first kappa shape index (κ1) is 20.1. The van der Waals surface area contributed by atoms with E-state index in [1.54, 1.807) is 24.3 Å². The van der Waals surface area contributed by atoms with E-state index in [9.17, 15) is 13.2 Å². The first-order chi connectivity index (χ1) is 13.2. The van der Waals surface area contributed by atoms with Gasteiger partial charge in [-0.1, -0.05) is 38.1 Å². The smallest absolute Gasteiger partial charge is 0.339 e. The average Bonchev–Trinajstić information content (AvgIpc) is 2.63. The molecule has 3 rings (SSSR count). The lowest BCUT2D eigenvalue weighted by Gasteiger charge is -2.15. The minimum absolute atomic E-state index is 0.0693. The third-order valence-electron chi connectivity index (χ3n) is 4.05. The molecule has 0 bridgehead atoms. The van der Waals surface area contributed by atoms with Crippen LogP contribution in [0.5, 0.6) is 0 Å². The molecule has 0 saturated carbocycles. The van der Waals surface area contributed by atoms with Crippen LogP contribution in [0.15, 0.2) is 59.2 Å². The van der Waals surface area contributed by atoms with Crippen molar-refractivity contribution in [1.29, 1.82) is 0 Å². The number of nitrogens with one attached hydrogen (secondary N) is 2. The summed E-state index contributed by atoms with van der Waals surface area (Å²) in [6.07, 6.45) is -3.81. The summed E-state index contributed by atoms with van der Waals surface area (Å²) in [5.74, 6) is 0.132. The third kappa shape index (κ3) is 4.81. The number of halogens is 4. The van der Waals surface area contributed by atoms with Crippen molar-refractivity contribution < 1.29 is 13.2 Å². The van der Waals surface area contributed by atoms with E-state index < -0.39 is 11.7 Å². The van der Waals surface area contributed by atoms with Crippen LogP contribution in [0.3, 0.4) is 0 Å². The van der Waals surface area contributed by atoms with Gasteiger partial charge in [0, 0.05) is 16.4 Å². The SMILES string of the molecule is CC(C)c1ccc(Nc2ncc(C(F)(F)F)c(Nc3ccccc3Br)n2)cc1. The Morgan fingerprint density at radius 1 is 0.964 bits per heavy atom. The minimum Gasteiger partial charge on any atom is -0.339 e. The largest absolute Gasteiger partial charge is 0.421 e. The monoisotopic (exact) mass is 450 g/mol. The summed E-state index contributed by atoms with van der Waals surface area (Å²) in [7, 11) is 0. The van der Waals surface area contributed by atoms with E-state index in [4.69, 9.17) is 0 Å². The lowest BCUT2D eigenvalue weighted by atomic mass is 10.0. The van der Waals surface area contributed by atoms with E-state index in [0.717, 1.165) is 11.8 Å². The molecule has 0 spiro atoms. The quantitative estimate of drug-likeness (QED) is 0.445. The highest BCUT2D eigenvalue weighted by atomic mass is 79.9. The van der Waals surface area contributed by atoms with Crippen LogP contribution < -0.4 is 10.6 Å². The fraction of sp³-hybridized carbons (Fsp3) is 0.200. The topological polar surface area (TPSA) is 49.8 Å². The van der Waals surface area contributed by atoms with Crippen LogP contribution >= 0.6 is 15.9 Å². The van der Waals surface area contributed by atoms with Gasteiger partial charge in [0.15, 0.2) is 0 Å². The molecule has 0 atom stereocenters. The maximum Gasteiger partial charge on any atom is 0.421 e. The second kappa shape index (κ2) is 8.18. The zero-order chi connectivity index (χ0) is 20.3. The zero-order valence-corrected chi connectivity index (χ0v) is 16.8. The Balaban J connectivity index is 1.92. The fourth-order valence-corrected chi connectivity index (χ4v) is 2.90. The number of benzene rings is 2. The summed E-state index contributed by atoms with van der Waals surface area (Å²) >= 11 is 3.32. The predicted octanol–water partition coefficient (Wildman–Crippen LogP) is 6.87. The molecule has 0 radical (unpaired) electrons. The highest BCUT2D eigenvalue weighted by molar-refractivity contribution is 9.10. The first-order valence-corrected chi connectivity index (χ1v) is 9.36. The number of aromatic nitrogens is 2. The summed E-state index contributed by atoms with van der Waals surface area (Å²) in [6, 6.07) is 14.5. The molecular weight excluding hydrogens is 433 g/mol. The van der Waals surface area contributed by atoms with Crippen LogP contribution in [-0.4, -0.2) is 9.97 Å². The summed E-state index contributed by atoms with van der Waals surface area (Å²) in [5, 5.41) is 5.69. The Hall–Kier alpha value is -2.61. The van der Waals surface area contributed by atoms with Crippen molar-refractivity contribution >= 4 is 39.1 Å². The molecule has 4 nitrogen and oxygen atoms in total. The molecule has 2 N–H and O–H groups in total. The molecule has 1 aromatic heterocycles. The molecule has 8 heteroatoms. The minimum atomic E-state index is -4.58. The molecule has 0 amide bonds. The zero-order valence-electron chi connectivity index (χ0n) is 15.2. The molecule has 146 valence electrons. The Morgan fingerprint density at radius 3 is 2.25 bits per heavy atom. The number of hydrogen-bond acceptors (Lipinski definition) is 4. The molecule has 0 fully saturated rings. The molecule has 0 aliphatic carbocycles. The number of rotatable bonds is 5. The van der Waals surface area contributed by atoms with Gasteiger partial charge in [0.2, 0.25) is 5.95 Å². The Labute approximate surface area is 169 Å². The maximum atomic E-state index is 13.4. The van der Waals surface area contributed by atoms with Crippen molar-refractivity contribution in [1.82, 2.24) is 9.97 Å². The molecule has 0 aliphatic heterocycles. The van der Waals surface area contributed by atoms with Gasteiger partial charge in [-0.05, 0) is 51.7 Å². The average molecular weight is 451 g/mol. The van der Waals surface area contributed by atoms with Crippen LogP contribution in [0.2, 0.25) is 0 Å². The van der Waals surface area contributed by atoms with Crippen molar-refractivity contribution in [3.8, 4) is 0 Å². The van der Waals surface area contributed by atoms with Gasteiger partial charge in [0.1, 0.15) is 11.4 Å². The summed E-state index contributed by atoms with van der Waals surface area (Å²) in [4.78, 5) is 7.88. The van der Waals surface area contributed by atoms with E-state index in [1.807, 2.05) is 24.3 Å². The molecule has 0 saturated heterocycles. The molecule has 0 aliphatic rings. The normalized spacial score (nSPS) is 11.5. The van der Waals surface area contributed by atoms with Crippen LogP contribution in [0.1, 0.15) is 30.9 Å². The number of anilines is 4. The van der Waals surface area contributed by atoms with Crippen molar-refractivity contribution in [2.75, 3.05) is 10.6 Å². The van der Waals surface area contributed by atoms with E-state index in [0.29, 0.717) is 21.8 Å². The van der Waals surface area contributed by atoms with Gasteiger partial charge < -0.3 is 10.6 Å². The van der Waals surface area contributed by atoms with Gasteiger partial charge in [-0.15, -0.1) is 0 Å². The Bertz CT molecular complexity index is 956. The highest BCUT2D eigenvalue weighted by Gasteiger charge is 2.35. The number of hydrogen-bond donors (Lipinski definition) is 2. The first-order valence-electron chi connectivity index (χ1n) is 8.57. The number of para-hydroxylation sites is 1. The van der Waals surface area contributed by atoms with Gasteiger partial charge in [-0.2, -0.15) is 18.2 Å². The second-order valence-corrected chi connectivity index (χ2v) is 7.31. The van der Waals surface area contributed by atoms with Gasteiger partial charge in [0.25, 0.3) is 0 Å². The summed E-state index contributed by atoms with van der Waals surface area (Å²) < 4.78 is 40.8. The lowest BCUT2D eigenvalue weighted by Crippen LogP contribution is -2.12. The Kier molecular flexibility index (Phi) is 5.88. The van der Waals surface area contributed by atoms with E-state index in [1.165, 1.54) is 0 Å². The third-order valence-corrected chi connectivity index (χ3v) is 4.75. The van der Waals surface area contributed by atoms with Gasteiger partial charge in [-0.25, -0.2) is 4.98 Å². The molecule has 0 unspecified atom stereocenters. The van der Waals surface area contributed by atoms with Crippen LogP contribution in [-0.2, 0) is 6.18 Å². The fourth-order valence-electron chi connectivity index (χ4n) is 2.52. The second-order valence-electron chi connectivity index (χ2n) is 6.46. The number of alkyl halides is 3. The standard InChI is InChI=1S/C20H18BrF3N4/c1-12(2)13-7-9-14(10-8-13)26-19-25-11-15(20(22,23)24)18(28-19)27-17-6-4-3-5-16(17)21/h3-12H,1-2H3,(H2,25,26,27,28). The number of nitrogens with zero attached hydrogens (tertiary/aromatic N) is 2. The molecular formula is C20H18BrF3N4. The summed E-state index contributed by atoms with van der Waals surface area (Å²) in [6.45, 7) is 4.17. The molecule has 1 heterocycles.